The van der Waals surface area contributed by atoms with Crippen LogP contribution in [0.5, 0.6) is 11.5 Å². The van der Waals surface area contributed by atoms with Crippen molar-refractivity contribution in [3.05, 3.63) is 35.9 Å². The largest absolute Gasteiger partial charge is 0.504 e. The summed E-state index contributed by atoms with van der Waals surface area (Å²) < 4.78 is 9.94. The second-order valence-electron chi connectivity index (χ2n) is 6.47. The Morgan fingerprint density at radius 2 is 2.00 bits per heavy atom. The van der Waals surface area contributed by atoms with Crippen LogP contribution in [-0.2, 0) is 20.7 Å². The lowest BCUT2D eigenvalue weighted by Crippen LogP contribution is -2.38. The molecule has 1 aliphatic rings. The van der Waals surface area contributed by atoms with E-state index in [2.05, 4.69) is 5.32 Å². The zero-order chi connectivity index (χ0) is 18.9. The first kappa shape index (κ1) is 19.8. The monoisotopic (exact) mass is 361 g/mol. The van der Waals surface area contributed by atoms with Crippen LogP contribution >= 0.6 is 0 Å². The highest BCUT2D eigenvalue weighted by Crippen LogP contribution is 2.27. The number of aromatic hydroxyl groups is 1. The molecule has 142 valence electrons. The second-order valence-corrected chi connectivity index (χ2v) is 6.47. The van der Waals surface area contributed by atoms with Crippen LogP contribution in [0.25, 0.3) is 0 Å². The number of carbonyl (C=O) groups excluding carboxylic acids is 2. The summed E-state index contributed by atoms with van der Waals surface area (Å²) in [7, 11) is 1.48. The van der Waals surface area contributed by atoms with Gasteiger partial charge in [0.2, 0.25) is 5.91 Å². The lowest BCUT2D eigenvalue weighted by molar-refractivity contribution is -0.137. The molecule has 6 heteroatoms. The highest BCUT2D eigenvalue weighted by Gasteiger charge is 2.21. The summed E-state index contributed by atoms with van der Waals surface area (Å²) in [6, 6.07) is 5.08. The Morgan fingerprint density at radius 1 is 1.27 bits per heavy atom. The van der Waals surface area contributed by atoms with E-state index in [4.69, 9.17) is 9.47 Å². The summed E-state index contributed by atoms with van der Waals surface area (Å²) >= 11 is 0. The van der Waals surface area contributed by atoms with Crippen molar-refractivity contribution in [2.24, 2.45) is 5.92 Å². The molecule has 1 amide bonds. The van der Waals surface area contributed by atoms with E-state index in [9.17, 15) is 14.7 Å². The molecule has 0 spiro atoms. The van der Waals surface area contributed by atoms with Gasteiger partial charge in [-0.25, -0.2) is 4.79 Å². The molecular formula is C20H27NO5. The number of esters is 1. The van der Waals surface area contributed by atoms with Crippen molar-refractivity contribution in [3.8, 4) is 11.5 Å². The summed E-state index contributed by atoms with van der Waals surface area (Å²) in [5.74, 6) is 0.444. The number of amides is 1. The first-order valence-corrected chi connectivity index (χ1v) is 9.02. The molecule has 2 rings (SSSR count). The van der Waals surface area contributed by atoms with Gasteiger partial charge in [0.1, 0.15) is 0 Å². The van der Waals surface area contributed by atoms with Gasteiger partial charge in [0.15, 0.2) is 11.5 Å². The summed E-state index contributed by atoms with van der Waals surface area (Å²) in [6.07, 6.45) is 7.33. The molecule has 1 saturated carbocycles. The number of hydrogen-bond donors (Lipinski definition) is 2. The smallest absolute Gasteiger partial charge is 0.330 e. The van der Waals surface area contributed by atoms with E-state index in [0.29, 0.717) is 18.3 Å². The molecule has 0 atom stereocenters. The van der Waals surface area contributed by atoms with Gasteiger partial charge in [0.05, 0.1) is 20.1 Å². The Bertz CT molecular complexity index is 648. The molecule has 0 heterocycles. The second kappa shape index (κ2) is 9.85. The van der Waals surface area contributed by atoms with E-state index in [-0.39, 0.29) is 30.1 Å². The van der Waals surface area contributed by atoms with Crippen molar-refractivity contribution in [2.75, 3.05) is 13.7 Å². The number of ether oxygens (including phenoxy) is 2. The molecule has 2 N–H and O–H groups in total. The van der Waals surface area contributed by atoms with Crippen LogP contribution in [0.4, 0.5) is 0 Å². The van der Waals surface area contributed by atoms with E-state index < -0.39 is 0 Å². The van der Waals surface area contributed by atoms with E-state index in [1.165, 1.54) is 19.3 Å². The van der Waals surface area contributed by atoms with Crippen molar-refractivity contribution < 1.29 is 24.2 Å². The number of phenolic OH excluding ortho intramolecular Hbond substituents is 1. The Hall–Kier alpha value is -2.50. The molecule has 0 bridgehead atoms. The van der Waals surface area contributed by atoms with Gasteiger partial charge in [0.25, 0.3) is 0 Å². The number of phenols is 1. The fraction of sp³-hybridized carbons (Fsp3) is 0.500. The van der Waals surface area contributed by atoms with Gasteiger partial charge >= 0.3 is 5.97 Å². The quantitative estimate of drug-likeness (QED) is 0.576. The number of methoxy groups -OCH3 is 1. The predicted octanol–water partition coefficient (Wildman–Crippen LogP) is 2.74. The summed E-state index contributed by atoms with van der Waals surface area (Å²) in [4.78, 5) is 23.6. The van der Waals surface area contributed by atoms with Crippen LogP contribution < -0.4 is 10.1 Å². The molecule has 26 heavy (non-hydrogen) atoms. The van der Waals surface area contributed by atoms with Crippen LogP contribution in [0, 0.1) is 5.92 Å². The van der Waals surface area contributed by atoms with Gasteiger partial charge in [-0.3, -0.25) is 4.79 Å². The maximum atomic E-state index is 12.2. The average molecular weight is 361 g/mol. The molecule has 0 saturated heterocycles. The maximum Gasteiger partial charge on any atom is 0.330 e. The van der Waals surface area contributed by atoms with Crippen LogP contribution in [-0.4, -0.2) is 36.7 Å². The van der Waals surface area contributed by atoms with Crippen LogP contribution in [0.3, 0.4) is 0 Å². The van der Waals surface area contributed by atoms with Crippen LogP contribution in [0.1, 0.15) is 38.2 Å². The van der Waals surface area contributed by atoms with Gasteiger partial charge < -0.3 is 19.9 Å². The minimum atomic E-state index is -0.299. The summed E-state index contributed by atoms with van der Waals surface area (Å²) in [5.41, 5.74) is 0.795. The lowest BCUT2D eigenvalue weighted by Gasteiger charge is -2.27. The maximum absolute atomic E-state index is 12.2. The third-order valence-corrected chi connectivity index (χ3v) is 4.54. The third-order valence-electron chi connectivity index (χ3n) is 4.54. The Kier molecular flexibility index (Phi) is 7.51. The Balaban J connectivity index is 1.76. The molecule has 6 nitrogen and oxygen atoms in total. The lowest BCUT2D eigenvalue weighted by atomic mass is 9.85. The highest BCUT2D eigenvalue weighted by atomic mass is 16.5. The van der Waals surface area contributed by atoms with Gasteiger partial charge in [0, 0.05) is 12.1 Å². The predicted molar refractivity (Wildman–Crippen MR) is 98.0 cm³/mol. The van der Waals surface area contributed by atoms with E-state index in [0.717, 1.165) is 31.2 Å². The average Bonchev–Trinajstić information content (AvgIpc) is 2.63. The fourth-order valence-electron chi connectivity index (χ4n) is 3.16. The van der Waals surface area contributed by atoms with Gasteiger partial charge in [-0.2, -0.15) is 0 Å². The van der Waals surface area contributed by atoms with E-state index >= 15 is 0 Å². The number of nitrogens with one attached hydrogen (secondary N) is 1. The molecule has 1 aromatic carbocycles. The minimum absolute atomic E-state index is 0.0386. The third kappa shape index (κ3) is 6.10. The normalized spacial score (nSPS) is 19.9. The number of carbonyl (C=O) groups is 2. The number of benzene rings is 1. The van der Waals surface area contributed by atoms with Gasteiger partial charge in [-0.1, -0.05) is 12.1 Å². The van der Waals surface area contributed by atoms with Crippen LogP contribution in [0.15, 0.2) is 30.4 Å². The summed E-state index contributed by atoms with van der Waals surface area (Å²) in [5, 5.41) is 12.7. The van der Waals surface area contributed by atoms with Gasteiger partial charge in [-0.05, 0) is 56.2 Å². The summed E-state index contributed by atoms with van der Waals surface area (Å²) in [6.45, 7) is 2.17. The van der Waals surface area contributed by atoms with E-state index in [1.54, 1.807) is 19.1 Å². The first-order chi connectivity index (χ1) is 12.5. The van der Waals surface area contributed by atoms with Crippen molar-refractivity contribution in [1.29, 1.82) is 0 Å². The number of hydrogen-bond acceptors (Lipinski definition) is 5. The zero-order valence-electron chi connectivity index (χ0n) is 15.4. The van der Waals surface area contributed by atoms with Crippen LogP contribution in [0.2, 0.25) is 0 Å². The fourth-order valence-corrected chi connectivity index (χ4v) is 3.16. The van der Waals surface area contributed by atoms with E-state index in [1.807, 2.05) is 6.08 Å². The van der Waals surface area contributed by atoms with Crippen molar-refractivity contribution >= 4 is 11.9 Å². The molecule has 0 unspecified atom stereocenters. The Labute approximate surface area is 154 Å². The molecule has 0 radical (unpaired) electrons. The minimum Gasteiger partial charge on any atom is -0.504 e. The molecule has 0 aliphatic heterocycles. The topological polar surface area (TPSA) is 84.9 Å². The van der Waals surface area contributed by atoms with Crippen molar-refractivity contribution in [1.82, 2.24) is 5.32 Å². The molecular weight excluding hydrogens is 334 g/mol. The molecule has 1 aliphatic carbocycles. The zero-order valence-corrected chi connectivity index (χ0v) is 15.4. The van der Waals surface area contributed by atoms with Crippen molar-refractivity contribution in [2.45, 2.75) is 45.1 Å². The number of allylic oxidation sites excluding steroid dienone is 1. The van der Waals surface area contributed by atoms with Gasteiger partial charge in [-0.15, -0.1) is 0 Å². The highest BCUT2D eigenvalue weighted by molar-refractivity contribution is 5.82. The molecule has 1 aromatic rings. The first-order valence-electron chi connectivity index (χ1n) is 9.02. The Morgan fingerprint density at radius 3 is 2.65 bits per heavy atom. The number of rotatable bonds is 7. The SMILES string of the molecule is CCOC(=O)/C=C/C1CCC(NC(=O)Cc2ccc(O)c(OC)c2)CC1. The van der Waals surface area contributed by atoms with Crippen molar-refractivity contribution in [3.63, 3.8) is 0 Å². The molecule has 0 aromatic heterocycles. The molecule has 1 fully saturated rings. The standard InChI is InChI=1S/C20H27NO5/c1-3-26-20(24)11-7-14-4-8-16(9-5-14)21-19(23)13-15-6-10-17(22)18(12-15)25-2/h6-7,10-12,14,16,22H,3-5,8-9,13H2,1-2H3,(H,21,23)/b11-7+.